The first kappa shape index (κ1) is 14.2. The zero-order valence-corrected chi connectivity index (χ0v) is 11.6. The molecule has 0 aromatic heterocycles. The number of nitrogens with one attached hydrogen (secondary N) is 2. The number of carbonyl (C=O) groups is 2. The number of nitrogens with zero attached hydrogens (tertiary/aromatic N) is 1. The van der Waals surface area contributed by atoms with Crippen LogP contribution in [0, 0.1) is 25.2 Å². The van der Waals surface area contributed by atoms with Crippen molar-refractivity contribution in [2.24, 2.45) is 0 Å². The minimum absolute atomic E-state index is 0.190. The van der Waals surface area contributed by atoms with Crippen LogP contribution >= 0.6 is 15.9 Å². The quantitative estimate of drug-likeness (QED) is 0.643. The molecule has 1 aromatic carbocycles. The largest absolute Gasteiger partial charge is 0.335 e. The van der Waals surface area contributed by atoms with Crippen molar-refractivity contribution in [1.82, 2.24) is 5.32 Å². The second-order valence-corrected chi connectivity index (χ2v) is 4.63. The Morgan fingerprint density at radius 1 is 1.28 bits per heavy atom. The van der Waals surface area contributed by atoms with Crippen molar-refractivity contribution >= 4 is 33.4 Å². The Balaban J connectivity index is 2.83. The number of nitriles is 1. The van der Waals surface area contributed by atoms with Gasteiger partial charge in [0.25, 0.3) is 0 Å². The molecule has 0 spiro atoms. The summed E-state index contributed by atoms with van der Waals surface area (Å²) in [5.74, 6) is -1.60. The van der Waals surface area contributed by atoms with Crippen molar-refractivity contribution in [1.29, 1.82) is 5.26 Å². The maximum absolute atomic E-state index is 11.6. The molecule has 0 aliphatic heterocycles. The van der Waals surface area contributed by atoms with Crippen molar-refractivity contribution in [3.63, 3.8) is 0 Å². The number of aryl methyl sites for hydroxylation is 2. The Bertz CT molecular complexity index is 512. The summed E-state index contributed by atoms with van der Waals surface area (Å²) in [6.45, 7) is 3.48. The predicted molar refractivity (Wildman–Crippen MR) is 70.9 cm³/mol. The van der Waals surface area contributed by atoms with Gasteiger partial charge in [0.05, 0.1) is 6.07 Å². The summed E-state index contributed by atoms with van der Waals surface area (Å²) in [6.07, 6.45) is 0. The zero-order chi connectivity index (χ0) is 13.7. The Labute approximate surface area is 113 Å². The van der Waals surface area contributed by atoms with Crippen LogP contribution < -0.4 is 10.6 Å². The molecule has 1 aromatic rings. The molecule has 1 rings (SSSR count). The lowest BCUT2D eigenvalue weighted by atomic mass is 10.1. The number of benzene rings is 1. The smallest absolute Gasteiger partial charge is 0.313 e. The van der Waals surface area contributed by atoms with E-state index in [9.17, 15) is 9.59 Å². The Kier molecular flexibility index (Phi) is 4.86. The van der Waals surface area contributed by atoms with E-state index in [2.05, 4.69) is 26.6 Å². The van der Waals surface area contributed by atoms with Crippen molar-refractivity contribution in [2.45, 2.75) is 13.8 Å². The van der Waals surface area contributed by atoms with Gasteiger partial charge in [-0.2, -0.15) is 5.26 Å². The van der Waals surface area contributed by atoms with Crippen LogP contribution in [0.25, 0.3) is 0 Å². The van der Waals surface area contributed by atoms with Crippen LogP contribution in [0.2, 0.25) is 0 Å². The summed E-state index contributed by atoms with van der Waals surface area (Å²) in [7, 11) is 0. The van der Waals surface area contributed by atoms with E-state index >= 15 is 0 Å². The standard InChI is InChI=1S/C12H12BrN3O2/c1-7-5-9(13)6-8(2)10(7)16-12(18)11(17)15-4-3-14/h5-6H,4H2,1-2H3,(H,15,17)(H,16,18). The SMILES string of the molecule is Cc1cc(Br)cc(C)c1NC(=O)C(=O)NCC#N. The average molecular weight is 310 g/mol. The van der Waals surface area contributed by atoms with Crippen molar-refractivity contribution in [2.75, 3.05) is 11.9 Å². The van der Waals surface area contributed by atoms with E-state index in [-0.39, 0.29) is 6.54 Å². The number of amides is 2. The van der Waals surface area contributed by atoms with Gasteiger partial charge in [-0.1, -0.05) is 15.9 Å². The Morgan fingerprint density at radius 3 is 2.33 bits per heavy atom. The maximum atomic E-state index is 11.6. The minimum atomic E-state index is -0.821. The van der Waals surface area contributed by atoms with Crippen molar-refractivity contribution in [3.8, 4) is 6.07 Å². The minimum Gasteiger partial charge on any atom is -0.335 e. The second kappa shape index (κ2) is 6.17. The summed E-state index contributed by atoms with van der Waals surface area (Å²) >= 11 is 3.35. The zero-order valence-electron chi connectivity index (χ0n) is 10.0. The molecule has 6 heteroatoms. The normalized spacial score (nSPS) is 9.44. The molecule has 2 N–H and O–H groups in total. The summed E-state index contributed by atoms with van der Waals surface area (Å²) in [4.78, 5) is 22.9. The van der Waals surface area contributed by atoms with Gasteiger partial charge in [-0.15, -0.1) is 0 Å². The molecular formula is C12H12BrN3O2. The number of carbonyl (C=O) groups excluding carboxylic acids is 2. The van der Waals surface area contributed by atoms with Crippen LogP contribution in [-0.2, 0) is 9.59 Å². The predicted octanol–water partition coefficient (Wildman–Crippen LogP) is 1.64. The fraction of sp³-hybridized carbons (Fsp3) is 0.250. The van der Waals surface area contributed by atoms with E-state index in [1.807, 2.05) is 26.0 Å². The first-order chi connectivity index (χ1) is 8.45. The fourth-order valence-corrected chi connectivity index (χ4v) is 2.16. The van der Waals surface area contributed by atoms with E-state index in [1.165, 1.54) is 0 Å². The molecule has 0 saturated carbocycles. The van der Waals surface area contributed by atoms with E-state index in [0.29, 0.717) is 5.69 Å². The van der Waals surface area contributed by atoms with E-state index < -0.39 is 11.8 Å². The molecule has 0 heterocycles. The summed E-state index contributed by atoms with van der Waals surface area (Å²) in [5, 5.41) is 13.0. The second-order valence-electron chi connectivity index (χ2n) is 3.71. The Morgan fingerprint density at radius 2 is 1.83 bits per heavy atom. The van der Waals surface area contributed by atoms with E-state index in [4.69, 9.17) is 5.26 Å². The molecule has 0 radical (unpaired) electrons. The van der Waals surface area contributed by atoms with Crippen LogP contribution in [-0.4, -0.2) is 18.4 Å². The van der Waals surface area contributed by atoms with E-state index in [1.54, 1.807) is 6.07 Å². The first-order valence-electron chi connectivity index (χ1n) is 5.18. The highest BCUT2D eigenvalue weighted by atomic mass is 79.9. The Hall–Kier alpha value is -1.87. The van der Waals surface area contributed by atoms with Gasteiger partial charge in [-0.3, -0.25) is 9.59 Å². The molecule has 2 amide bonds. The van der Waals surface area contributed by atoms with Crippen LogP contribution in [0.1, 0.15) is 11.1 Å². The van der Waals surface area contributed by atoms with Gasteiger partial charge in [0, 0.05) is 10.2 Å². The molecule has 5 nitrogen and oxygen atoms in total. The molecule has 0 aliphatic carbocycles. The summed E-state index contributed by atoms with van der Waals surface area (Å²) < 4.78 is 0.907. The van der Waals surface area contributed by atoms with Gasteiger partial charge in [0.2, 0.25) is 0 Å². The van der Waals surface area contributed by atoms with Gasteiger partial charge >= 0.3 is 11.8 Å². The number of halogens is 1. The number of rotatable bonds is 2. The van der Waals surface area contributed by atoms with Crippen LogP contribution in [0.4, 0.5) is 5.69 Å². The summed E-state index contributed by atoms with van der Waals surface area (Å²) in [5.41, 5.74) is 2.31. The third-order valence-corrected chi connectivity index (χ3v) is 2.73. The molecule has 0 fully saturated rings. The van der Waals surface area contributed by atoms with Gasteiger partial charge in [0.15, 0.2) is 0 Å². The lowest BCUT2D eigenvalue weighted by Crippen LogP contribution is -2.35. The fourth-order valence-electron chi connectivity index (χ4n) is 1.48. The van der Waals surface area contributed by atoms with Crippen molar-refractivity contribution < 1.29 is 9.59 Å². The average Bonchev–Trinajstić information content (AvgIpc) is 2.30. The molecule has 0 unspecified atom stereocenters. The highest BCUT2D eigenvalue weighted by Crippen LogP contribution is 2.24. The molecule has 0 aliphatic rings. The van der Waals surface area contributed by atoms with Gasteiger partial charge in [0.1, 0.15) is 6.54 Å². The number of hydrogen-bond donors (Lipinski definition) is 2. The van der Waals surface area contributed by atoms with E-state index in [0.717, 1.165) is 15.6 Å². The highest BCUT2D eigenvalue weighted by Gasteiger charge is 2.15. The van der Waals surface area contributed by atoms with Gasteiger partial charge in [-0.25, -0.2) is 0 Å². The lowest BCUT2D eigenvalue weighted by Gasteiger charge is -2.11. The molecular weight excluding hydrogens is 298 g/mol. The highest BCUT2D eigenvalue weighted by molar-refractivity contribution is 9.10. The molecule has 18 heavy (non-hydrogen) atoms. The molecule has 0 saturated heterocycles. The van der Waals surface area contributed by atoms with Gasteiger partial charge < -0.3 is 10.6 Å². The third kappa shape index (κ3) is 3.57. The van der Waals surface area contributed by atoms with Crippen LogP contribution in [0.15, 0.2) is 16.6 Å². The third-order valence-electron chi connectivity index (χ3n) is 2.27. The van der Waals surface area contributed by atoms with Crippen LogP contribution in [0.5, 0.6) is 0 Å². The van der Waals surface area contributed by atoms with Crippen LogP contribution in [0.3, 0.4) is 0 Å². The molecule has 94 valence electrons. The topological polar surface area (TPSA) is 82.0 Å². The van der Waals surface area contributed by atoms with Gasteiger partial charge in [-0.05, 0) is 37.1 Å². The summed E-state index contributed by atoms with van der Waals surface area (Å²) in [6, 6.07) is 5.42. The monoisotopic (exact) mass is 309 g/mol. The van der Waals surface area contributed by atoms with Crippen molar-refractivity contribution in [3.05, 3.63) is 27.7 Å². The number of anilines is 1. The lowest BCUT2D eigenvalue weighted by molar-refractivity contribution is -0.136. The first-order valence-corrected chi connectivity index (χ1v) is 5.98. The number of hydrogen-bond acceptors (Lipinski definition) is 3. The molecule has 0 atom stereocenters. The maximum Gasteiger partial charge on any atom is 0.313 e. The molecule has 0 bridgehead atoms.